The van der Waals surface area contributed by atoms with E-state index in [0.29, 0.717) is 23.6 Å². The van der Waals surface area contributed by atoms with Crippen molar-refractivity contribution >= 4 is 29.1 Å². The van der Waals surface area contributed by atoms with Gasteiger partial charge in [-0.3, -0.25) is 9.78 Å². The Morgan fingerprint density at radius 3 is 2.74 bits per heavy atom. The summed E-state index contributed by atoms with van der Waals surface area (Å²) in [6.45, 7) is 0.471. The number of nitrogens with one attached hydrogen (secondary N) is 1. The summed E-state index contributed by atoms with van der Waals surface area (Å²) >= 11 is 11.6. The third-order valence-electron chi connectivity index (χ3n) is 2.46. The Balaban J connectivity index is 1.88. The number of hydrogen-bond donors (Lipinski definition) is 1. The Morgan fingerprint density at radius 2 is 2.05 bits per heavy atom. The molecule has 0 aromatic carbocycles. The highest BCUT2D eigenvalue weighted by Gasteiger charge is 2.09. The molecule has 6 heteroatoms. The highest BCUT2D eigenvalue weighted by molar-refractivity contribution is 6.32. The normalized spacial score (nSPS) is 10.2. The van der Waals surface area contributed by atoms with Gasteiger partial charge < -0.3 is 5.32 Å². The van der Waals surface area contributed by atoms with E-state index in [0.717, 1.165) is 5.69 Å². The average molecular weight is 296 g/mol. The summed E-state index contributed by atoms with van der Waals surface area (Å²) in [5.41, 5.74) is 1.23. The van der Waals surface area contributed by atoms with Gasteiger partial charge in [-0.15, -0.1) is 0 Å². The van der Waals surface area contributed by atoms with Crippen LogP contribution in [-0.2, 0) is 6.42 Å². The van der Waals surface area contributed by atoms with E-state index in [1.807, 2.05) is 6.07 Å². The van der Waals surface area contributed by atoms with Gasteiger partial charge in [0.15, 0.2) is 0 Å². The molecule has 0 fully saturated rings. The molecular formula is C13H11Cl2N3O. The van der Waals surface area contributed by atoms with Crippen molar-refractivity contribution in [2.45, 2.75) is 6.42 Å². The molecule has 0 spiro atoms. The largest absolute Gasteiger partial charge is 0.352 e. The van der Waals surface area contributed by atoms with E-state index in [1.165, 1.54) is 6.20 Å². The van der Waals surface area contributed by atoms with Crippen LogP contribution in [-0.4, -0.2) is 22.4 Å². The Kier molecular flexibility index (Phi) is 4.71. The average Bonchev–Trinajstić information content (AvgIpc) is 2.41. The number of pyridine rings is 2. The molecule has 2 aromatic rings. The third kappa shape index (κ3) is 3.91. The highest BCUT2D eigenvalue weighted by atomic mass is 35.5. The van der Waals surface area contributed by atoms with Crippen molar-refractivity contribution < 1.29 is 4.79 Å². The molecule has 0 aliphatic rings. The molecule has 4 nitrogen and oxygen atoms in total. The minimum atomic E-state index is -0.243. The van der Waals surface area contributed by atoms with Crippen molar-refractivity contribution in [2.75, 3.05) is 6.54 Å². The Labute approximate surface area is 120 Å². The fourth-order valence-electron chi connectivity index (χ4n) is 1.51. The molecule has 2 aromatic heterocycles. The number of nitrogens with zero attached hydrogens (tertiary/aromatic N) is 2. The quantitative estimate of drug-likeness (QED) is 0.883. The van der Waals surface area contributed by atoms with Crippen molar-refractivity contribution in [2.24, 2.45) is 0 Å². The summed E-state index contributed by atoms with van der Waals surface area (Å²) in [5.74, 6) is -0.243. The first-order valence-electron chi connectivity index (χ1n) is 5.66. The molecule has 0 aliphatic carbocycles. The maximum Gasteiger partial charge on any atom is 0.254 e. The predicted octanol–water partition coefficient (Wildman–Crippen LogP) is 2.76. The zero-order chi connectivity index (χ0) is 13.7. The van der Waals surface area contributed by atoms with E-state index in [1.54, 1.807) is 24.4 Å². The number of carbonyl (C=O) groups is 1. The number of aromatic nitrogens is 2. The number of rotatable bonds is 4. The van der Waals surface area contributed by atoms with Crippen LogP contribution >= 0.6 is 23.2 Å². The van der Waals surface area contributed by atoms with Gasteiger partial charge in [0.05, 0.1) is 10.6 Å². The SMILES string of the molecule is O=C(NCCc1ccc(Cl)cn1)c1cccnc1Cl. The van der Waals surface area contributed by atoms with Crippen LogP contribution in [0.2, 0.25) is 10.2 Å². The van der Waals surface area contributed by atoms with E-state index >= 15 is 0 Å². The monoisotopic (exact) mass is 295 g/mol. The van der Waals surface area contributed by atoms with Gasteiger partial charge >= 0.3 is 0 Å². The standard InChI is InChI=1S/C13H11Cl2N3O/c14-9-3-4-10(18-8-9)5-7-17-13(19)11-2-1-6-16-12(11)15/h1-4,6,8H,5,7H2,(H,17,19). The second kappa shape index (κ2) is 6.50. The molecule has 0 radical (unpaired) electrons. The van der Waals surface area contributed by atoms with Crippen molar-refractivity contribution in [1.29, 1.82) is 0 Å². The molecule has 1 N–H and O–H groups in total. The second-order valence-corrected chi connectivity index (χ2v) is 4.61. The minimum Gasteiger partial charge on any atom is -0.352 e. The van der Waals surface area contributed by atoms with Crippen LogP contribution < -0.4 is 5.32 Å². The van der Waals surface area contributed by atoms with Crippen molar-refractivity contribution in [3.8, 4) is 0 Å². The summed E-state index contributed by atoms with van der Waals surface area (Å²) < 4.78 is 0. The van der Waals surface area contributed by atoms with Gasteiger partial charge in [0, 0.05) is 31.1 Å². The van der Waals surface area contributed by atoms with Crippen molar-refractivity contribution in [1.82, 2.24) is 15.3 Å². The topological polar surface area (TPSA) is 54.9 Å². The number of carbonyl (C=O) groups excluding carboxylic acids is 1. The van der Waals surface area contributed by atoms with Gasteiger partial charge in [0.25, 0.3) is 5.91 Å². The van der Waals surface area contributed by atoms with E-state index in [2.05, 4.69) is 15.3 Å². The molecule has 0 saturated heterocycles. The first-order chi connectivity index (χ1) is 9.16. The molecule has 19 heavy (non-hydrogen) atoms. The highest BCUT2D eigenvalue weighted by Crippen LogP contribution is 2.11. The fourth-order valence-corrected chi connectivity index (χ4v) is 1.83. The van der Waals surface area contributed by atoms with Crippen LogP contribution in [0.3, 0.4) is 0 Å². The van der Waals surface area contributed by atoms with E-state index in [-0.39, 0.29) is 11.1 Å². The summed E-state index contributed by atoms with van der Waals surface area (Å²) in [4.78, 5) is 19.8. The molecule has 2 rings (SSSR count). The molecule has 0 bridgehead atoms. The molecule has 2 heterocycles. The Morgan fingerprint density at radius 1 is 1.21 bits per heavy atom. The zero-order valence-corrected chi connectivity index (χ0v) is 11.4. The molecular weight excluding hydrogens is 285 g/mol. The van der Waals surface area contributed by atoms with Crippen LogP contribution in [0.25, 0.3) is 0 Å². The van der Waals surface area contributed by atoms with Gasteiger partial charge in [-0.05, 0) is 24.3 Å². The summed E-state index contributed by atoms with van der Waals surface area (Å²) in [7, 11) is 0. The number of amides is 1. The summed E-state index contributed by atoms with van der Waals surface area (Å²) in [6.07, 6.45) is 3.74. The second-order valence-electron chi connectivity index (χ2n) is 3.82. The molecule has 1 amide bonds. The molecule has 0 atom stereocenters. The molecule has 0 unspecified atom stereocenters. The molecule has 98 valence electrons. The van der Waals surface area contributed by atoms with Gasteiger partial charge in [-0.1, -0.05) is 23.2 Å². The lowest BCUT2D eigenvalue weighted by atomic mass is 10.2. The smallest absolute Gasteiger partial charge is 0.254 e. The maximum absolute atomic E-state index is 11.8. The molecule has 0 aliphatic heterocycles. The van der Waals surface area contributed by atoms with E-state index < -0.39 is 0 Å². The summed E-state index contributed by atoms with van der Waals surface area (Å²) in [5, 5.41) is 3.56. The summed E-state index contributed by atoms with van der Waals surface area (Å²) in [6, 6.07) is 6.89. The zero-order valence-electron chi connectivity index (χ0n) is 9.94. The van der Waals surface area contributed by atoms with E-state index in [9.17, 15) is 4.79 Å². The van der Waals surface area contributed by atoms with E-state index in [4.69, 9.17) is 23.2 Å². The van der Waals surface area contributed by atoms with Crippen LogP contribution in [0, 0.1) is 0 Å². The van der Waals surface area contributed by atoms with Crippen LogP contribution in [0.15, 0.2) is 36.7 Å². The van der Waals surface area contributed by atoms with Gasteiger partial charge in [0.2, 0.25) is 0 Å². The van der Waals surface area contributed by atoms with Crippen LogP contribution in [0.4, 0.5) is 0 Å². The van der Waals surface area contributed by atoms with Crippen molar-refractivity contribution in [3.63, 3.8) is 0 Å². The Bertz CT molecular complexity index is 572. The van der Waals surface area contributed by atoms with Gasteiger partial charge in [-0.25, -0.2) is 4.98 Å². The van der Waals surface area contributed by atoms with Crippen LogP contribution in [0.1, 0.15) is 16.1 Å². The number of halogens is 2. The van der Waals surface area contributed by atoms with Crippen molar-refractivity contribution in [3.05, 3.63) is 58.1 Å². The lowest BCUT2D eigenvalue weighted by molar-refractivity contribution is 0.0954. The predicted molar refractivity (Wildman–Crippen MR) is 74.5 cm³/mol. The van der Waals surface area contributed by atoms with Gasteiger partial charge in [0.1, 0.15) is 5.15 Å². The fraction of sp³-hybridized carbons (Fsp3) is 0.154. The van der Waals surface area contributed by atoms with Gasteiger partial charge in [-0.2, -0.15) is 0 Å². The lowest BCUT2D eigenvalue weighted by Crippen LogP contribution is -2.26. The first-order valence-corrected chi connectivity index (χ1v) is 6.41. The third-order valence-corrected chi connectivity index (χ3v) is 2.98. The maximum atomic E-state index is 11.8. The Hall–Kier alpha value is -1.65. The van der Waals surface area contributed by atoms with Crippen LogP contribution in [0.5, 0.6) is 0 Å². The first kappa shape index (κ1) is 13.8. The minimum absolute atomic E-state index is 0.199. The lowest BCUT2D eigenvalue weighted by Gasteiger charge is -2.05. The number of hydrogen-bond acceptors (Lipinski definition) is 3. The molecule has 0 saturated carbocycles.